The molecule has 7 nitrogen and oxygen atoms in total. The molecular weight excluding hydrogens is 296 g/mol. The molecule has 1 saturated heterocycles. The maximum Gasteiger partial charge on any atom is 0.324 e. The van der Waals surface area contributed by atoms with E-state index in [1.54, 1.807) is 13.0 Å². The molecule has 7 heteroatoms. The summed E-state index contributed by atoms with van der Waals surface area (Å²) >= 11 is 0. The molecule has 2 amide bonds. The molecule has 1 aromatic heterocycles. The molecular formula is C16H20N4O3. The number of rotatable bonds is 3. The minimum absolute atomic E-state index is 0.184. The maximum absolute atomic E-state index is 11.9. The third kappa shape index (κ3) is 4.01. The van der Waals surface area contributed by atoms with Crippen molar-refractivity contribution in [2.75, 3.05) is 28.6 Å². The Labute approximate surface area is 134 Å². The van der Waals surface area contributed by atoms with Crippen molar-refractivity contribution in [1.82, 2.24) is 5.16 Å². The minimum atomic E-state index is -0.368. The first-order valence-corrected chi connectivity index (χ1v) is 7.64. The van der Waals surface area contributed by atoms with E-state index in [1.165, 1.54) is 0 Å². The lowest BCUT2D eigenvalue weighted by Gasteiger charge is -2.31. The molecule has 23 heavy (non-hydrogen) atoms. The predicted molar refractivity (Wildman–Crippen MR) is 87.8 cm³/mol. The maximum atomic E-state index is 11.9. The Bertz CT molecular complexity index is 660. The fourth-order valence-electron chi connectivity index (χ4n) is 2.58. The van der Waals surface area contributed by atoms with Crippen LogP contribution in [0.25, 0.3) is 0 Å². The van der Waals surface area contributed by atoms with E-state index in [2.05, 4.69) is 20.7 Å². The monoisotopic (exact) mass is 316 g/mol. The fraction of sp³-hybridized carbons (Fsp3) is 0.375. The molecule has 0 aliphatic carbocycles. The van der Waals surface area contributed by atoms with Crippen LogP contribution in [-0.4, -0.2) is 35.5 Å². The molecule has 0 saturated carbocycles. The van der Waals surface area contributed by atoms with Gasteiger partial charge in [-0.15, -0.1) is 0 Å². The smallest absolute Gasteiger partial charge is 0.324 e. The summed E-state index contributed by atoms with van der Waals surface area (Å²) in [5, 5.41) is 18.6. The zero-order valence-electron chi connectivity index (χ0n) is 13.0. The number of aliphatic hydroxyl groups is 1. The van der Waals surface area contributed by atoms with E-state index in [-0.39, 0.29) is 12.1 Å². The molecule has 1 fully saturated rings. The summed E-state index contributed by atoms with van der Waals surface area (Å²) in [5.41, 5.74) is 1.79. The van der Waals surface area contributed by atoms with Crippen LogP contribution >= 0.6 is 0 Å². The Morgan fingerprint density at radius 2 is 1.96 bits per heavy atom. The summed E-state index contributed by atoms with van der Waals surface area (Å²) in [6.45, 7) is 3.45. The Balaban J connectivity index is 1.55. The Hall–Kier alpha value is -2.54. The van der Waals surface area contributed by atoms with Crippen LogP contribution in [0.1, 0.15) is 18.6 Å². The van der Waals surface area contributed by atoms with Crippen LogP contribution in [0.2, 0.25) is 0 Å². The molecule has 0 spiro atoms. The first kappa shape index (κ1) is 15.4. The predicted octanol–water partition coefficient (Wildman–Crippen LogP) is 2.59. The van der Waals surface area contributed by atoms with Gasteiger partial charge in [0.1, 0.15) is 5.76 Å². The Kier molecular flexibility index (Phi) is 4.47. The molecule has 1 aliphatic rings. The molecule has 0 unspecified atom stereocenters. The fourth-order valence-corrected chi connectivity index (χ4v) is 2.58. The van der Waals surface area contributed by atoms with Crippen molar-refractivity contribution in [3.05, 3.63) is 36.1 Å². The number of aryl methyl sites for hydroxylation is 1. The van der Waals surface area contributed by atoms with Crippen LogP contribution in [0.5, 0.6) is 0 Å². The zero-order chi connectivity index (χ0) is 16.2. The third-order valence-electron chi connectivity index (χ3n) is 3.82. The van der Waals surface area contributed by atoms with Crippen molar-refractivity contribution in [2.24, 2.45) is 0 Å². The van der Waals surface area contributed by atoms with Crippen LogP contribution < -0.4 is 15.5 Å². The van der Waals surface area contributed by atoms with E-state index in [4.69, 9.17) is 4.52 Å². The van der Waals surface area contributed by atoms with Gasteiger partial charge in [0.25, 0.3) is 0 Å². The summed E-state index contributed by atoms with van der Waals surface area (Å²) in [4.78, 5) is 14.1. The number of anilines is 3. The number of aliphatic hydroxyl groups excluding tert-OH is 1. The molecule has 3 rings (SSSR count). The Morgan fingerprint density at radius 1 is 1.26 bits per heavy atom. The van der Waals surface area contributed by atoms with Gasteiger partial charge in [0.15, 0.2) is 5.82 Å². The molecule has 0 bridgehead atoms. The number of aromatic nitrogens is 1. The van der Waals surface area contributed by atoms with Gasteiger partial charge in [-0.2, -0.15) is 0 Å². The summed E-state index contributed by atoms with van der Waals surface area (Å²) in [5.74, 6) is 1.01. The second-order valence-electron chi connectivity index (χ2n) is 5.67. The van der Waals surface area contributed by atoms with Gasteiger partial charge < -0.3 is 19.8 Å². The first-order chi connectivity index (χ1) is 11.1. The highest BCUT2D eigenvalue weighted by Gasteiger charge is 2.17. The van der Waals surface area contributed by atoms with Crippen molar-refractivity contribution in [3.63, 3.8) is 0 Å². The Morgan fingerprint density at radius 3 is 2.57 bits per heavy atom. The number of amides is 2. The lowest BCUT2D eigenvalue weighted by molar-refractivity contribution is 0.145. The number of carbonyl (C=O) groups excluding carboxylic acids is 1. The van der Waals surface area contributed by atoms with Crippen LogP contribution in [0, 0.1) is 6.92 Å². The number of nitrogens with zero attached hydrogens (tertiary/aromatic N) is 2. The van der Waals surface area contributed by atoms with Crippen LogP contribution in [-0.2, 0) is 0 Å². The number of piperidine rings is 1. The number of carbonyl (C=O) groups is 1. The second kappa shape index (κ2) is 6.70. The van der Waals surface area contributed by atoms with Crippen LogP contribution in [0.15, 0.2) is 34.9 Å². The van der Waals surface area contributed by atoms with E-state index in [0.717, 1.165) is 31.6 Å². The van der Waals surface area contributed by atoms with Crippen molar-refractivity contribution in [1.29, 1.82) is 0 Å². The minimum Gasteiger partial charge on any atom is -0.393 e. The van der Waals surface area contributed by atoms with Gasteiger partial charge in [-0.25, -0.2) is 4.79 Å². The average molecular weight is 316 g/mol. The third-order valence-corrected chi connectivity index (χ3v) is 3.82. The van der Waals surface area contributed by atoms with Crippen LogP contribution in [0.3, 0.4) is 0 Å². The van der Waals surface area contributed by atoms with E-state index in [0.29, 0.717) is 17.3 Å². The van der Waals surface area contributed by atoms with Gasteiger partial charge in [-0.1, -0.05) is 5.16 Å². The average Bonchev–Trinajstić information content (AvgIpc) is 2.94. The molecule has 0 radical (unpaired) electrons. The van der Waals surface area contributed by atoms with Crippen molar-refractivity contribution < 1.29 is 14.4 Å². The van der Waals surface area contributed by atoms with Gasteiger partial charge in [-0.3, -0.25) is 5.32 Å². The van der Waals surface area contributed by atoms with Gasteiger partial charge in [0.2, 0.25) is 0 Å². The molecule has 2 aromatic rings. The highest BCUT2D eigenvalue weighted by Crippen LogP contribution is 2.22. The second-order valence-corrected chi connectivity index (χ2v) is 5.67. The summed E-state index contributed by atoms with van der Waals surface area (Å²) in [6.07, 6.45) is 1.40. The molecule has 1 aromatic carbocycles. The molecule has 2 heterocycles. The molecule has 0 atom stereocenters. The summed E-state index contributed by atoms with van der Waals surface area (Å²) in [7, 11) is 0. The molecule has 1 aliphatic heterocycles. The van der Waals surface area contributed by atoms with Crippen molar-refractivity contribution in [2.45, 2.75) is 25.9 Å². The summed E-state index contributed by atoms with van der Waals surface area (Å²) in [6, 6.07) is 8.92. The van der Waals surface area contributed by atoms with E-state index < -0.39 is 0 Å². The SMILES string of the molecule is Cc1cc(NC(=O)Nc2ccc(N3CCC(O)CC3)cc2)no1. The highest BCUT2D eigenvalue weighted by molar-refractivity contribution is 5.99. The van der Waals surface area contributed by atoms with Gasteiger partial charge in [0, 0.05) is 30.5 Å². The van der Waals surface area contributed by atoms with Crippen molar-refractivity contribution in [3.8, 4) is 0 Å². The van der Waals surface area contributed by atoms with E-state index in [1.807, 2.05) is 24.3 Å². The number of hydrogen-bond donors (Lipinski definition) is 3. The van der Waals surface area contributed by atoms with Crippen molar-refractivity contribution >= 4 is 23.2 Å². The number of benzene rings is 1. The zero-order valence-corrected chi connectivity index (χ0v) is 13.0. The number of nitrogens with one attached hydrogen (secondary N) is 2. The quantitative estimate of drug-likeness (QED) is 0.809. The van der Waals surface area contributed by atoms with E-state index in [9.17, 15) is 9.90 Å². The van der Waals surface area contributed by atoms with E-state index >= 15 is 0 Å². The topological polar surface area (TPSA) is 90.6 Å². The largest absolute Gasteiger partial charge is 0.393 e. The molecule has 122 valence electrons. The number of hydrogen-bond acceptors (Lipinski definition) is 5. The summed E-state index contributed by atoms with van der Waals surface area (Å²) < 4.78 is 4.89. The van der Waals surface area contributed by atoms with Gasteiger partial charge in [0.05, 0.1) is 6.10 Å². The number of urea groups is 1. The molecule has 3 N–H and O–H groups in total. The normalized spacial score (nSPS) is 15.5. The standard InChI is InChI=1S/C16H20N4O3/c1-11-10-15(19-23-11)18-16(22)17-12-2-4-13(5-3-12)20-8-6-14(21)7-9-20/h2-5,10,14,21H,6-9H2,1H3,(H2,17,18,19,22). The first-order valence-electron chi connectivity index (χ1n) is 7.64. The van der Waals surface area contributed by atoms with Gasteiger partial charge in [-0.05, 0) is 44.0 Å². The van der Waals surface area contributed by atoms with Gasteiger partial charge >= 0.3 is 6.03 Å². The van der Waals surface area contributed by atoms with Crippen LogP contribution in [0.4, 0.5) is 22.0 Å². The highest BCUT2D eigenvalue weighted by atomic mass is 16.5. The lowest BCUT2D eigenvalue weighted by atomic mass is 10.1. The lowest BCUT2D eigenvalue weighted by Crippen LogP contribution is -2.35.